The quantitative estimate of drug-likeness (QED) is 0.602. The van der Waals surface area contributed by atoms with Gasteiger partial charge in [-0.05, 0) is 48.1 Å². The number of aromatic hydroxyl groups is 1. The minimum atomic E-state index is 0.0452. The molecule has 0 aromatic heterocycles. The molecule has 1 aliphatic heterocycles. The Kier molecular flexibility index (Phi) is 4.70. The van der Waals surface area contributed by atoms with Gasteiger partial charge in [-0.25, -0.2) is 0 Å². The number of nitrogens with one attached hydrogen (secondary N) is 1. The van der Waals surface area contributed by atoms with Crippen LogP contribution in [-0.4, -0.2) is 11.7 Å². The van der Waals surface area contributed by atoms with E-state index in [0.29, 0.717) is 30.1 Å². The summed E-state index contributed by atoms with van der Waals surface area (Å²) in [5.41, 5.74) is 3.28. The average Bonchev–Trinajstić information content (AvgIpc) is 3.11. The molecule has 0 saturated carbocycles. The van der Waals surface area contributed by atoms with Crippen molar-refractivity contribution < 1.29 is 9.84 Å². The Hall–Kier alpha value is -1.94. The van der Waals surface area contributed by atoms with Crippen molar-refractivity contribution >= 4 is 21.6 Å². The lowest BCUT2D eigenvalue weighted by Crippen LogP contribution is -2.29. The van der Waals surface area contributed by atoms with Crippen LogP contribution in [0.4, 0.5) is 5.69 Å². The fraction of sp³-hybridized carbons (Fsp3) is 0.364. The molecule has 0 fully saturated rings. The van der Waals surface area contributed by atoms with Crippen LogP contribution >= 0.6 is 15.9 Å². The largest absolute Gasteiger partial charge is 0.508 e. The number of para-hydroxylation sites is 1. The van der Waals surface area contributed by atoms with Crippen LogP contribution in [0.2, 0.25) is 0 Å². The Bertz CT molecular complexity index is 846. The third-order valence-corrected chi connectivity index (χ3v) is 5.75. The molecular formula is C22H24BrNO2. The lowest BCUT2D eigenvalue weighted by molar-refractivity contribution is 0.270. The van der Waals surface area contributed by atoms with Crippen LogP contribution < -0.4 is 10.1 Å². The van der Waals surface area contributed by atoms with Gasteiger partial charge in [0.1, 0.15) is 11.5 Å². The number of benzene rings is 2. The standard InChI is InChI=1S/C22H24BrNO2/c1-13(2)12-26-20-8-4-7-17-15-5-3-6-16(15)21(24-22(17)20)18-11-14(23)9-10-19(18)25/h3-5,7-11,13,15-16,21,24-25H,6,12H2,1-2H3. The molecule has 2 N–H and O–H groups in total. The Morgan fingerprint density at radius 1 is 1.23 bits per heavy atom. The van der Waals surface area contributed by atoms with Crippen LogP contribution in [-0.2, 0) is 0 Å². The first-order valence-electron chi connectivity index (χ1n) is 9.22. The number of fused-ring (bicyclic) bond motifs is 3. The van der Waals surface area contributed by atoms with Crippen LogP contribution in [0.15, 0.2) is 53.0 Å². The summed E-state index contributed by atoms with van der Waals surface area (Å²) < 4.78 is 7.07. The van der Waals surface area contributed by atoms with Gasteiger partial charge in [0.05, 0.1) is 18.3 Å². The van der Waals surface area contributed by atoms with Crippen molar-refractivity contribution in [3.63, 3.8) is 0 Å². The number of allylic oxidation sites excluding steroid dienone is 2. The summed E-state index contributed by atoms with van der Waals surface area (Å²) in [5, 5.41) is 14.2. The number of hydrogen-bond donors (Lipinski definition) is 2. The summed E-state index contributed by atoms with van der Waals surface area (Å²) >= 11 is 3.54. The van der Waals surface area contributed by atoms with Gasteiger partial charge in [-0.15, -0.1) is 0 Å². The zero-order chi connectivity index (χ0) is 18.3. The van der Waals surface area contributed by atoms with E-state index in [-0.39, 0.29) is 6.04 Å². The molecule has 0 saturated heterocycles. The summed E-state index contributed by atoms with van der Waals surface area (Å²) in [6.45, 7) is 5.00. The highest BCUT2D eigenvalue weighted by Crippen LogP contribution is 2.53. The van der Waals surface area contributed by atoms with E-state index in [2.05, 4.69) is 59.4 Å². The summed E-state index contributed by atoms with van der Waals surface area (Å²) in [4.78, 5) is 0. The maximum atomic E-state index is 10.5. The predicted octanol–water partition coefficient (Wildman–Crippen LogP) is 6.02. The highest BCUT2D eigenvalue weighted by atomic mass is 79.9. The van der Waals surface area contributed by atoms with Crippen LogP contribution in [0.5, 0.6) is 11.5 Å². The van der Waals surface area contributed by atoms with Crippen molar-refractivity contribution in [1.29, 1.82) is 0 Å². The van der Waals surface area contributed by atoms with Crippen LogP contribution in [0.25, 0.3) is 0 Å². The fourth-order valence-corrected chi connectivity index (χ4v) is 4.43. The van der Waals surface area contributed by atoms with Gasteiger partial charge in [-0.3, -0.25) is 0 Å². The summed E-state index contributed by atoms with van der Waals surface area (Å²) in [6.07, 6.45) is 5.57. The average molecular weight is 414 g/mol. The smallest absolute Gasteiger partial charge is 0.142 e. The van der Waals surface area contributed by atoms with Crippen molar-refractivity contribution in [2.75, 3.05) is 11.9 Å². The third-order valence-electron chi connectivity index (χ3n) is 5.26. The van der Waals surface area contributed by atoms with E-state index >= 15 is 0 Å². The van der Waals surface area contributed by atoms with E-state index < -0.39 is 0 Å². The Morgan fingerprint density at radius 2 is 2.08 bits per heavy atom. The second-order valence-corrected chi connectivity index (χ2v) is 8.52. The third kappa shape index (κ3) is 3.11. The normalized spacial score (nSPS) is 23.5. The molecule has 136 valence electrons. The molecule has 4 rings (SSSR count). The molecule has 2 aliphatic rings. The van der Waals surface area contributed by atoms with Gasteiger partial charge < -0.3 is 15.2 Å². The van der Waals surface area contributed by atoms with Gasteiger partial charge in [-0.1, -0.05) is 54.1 Å². The molecule has 26 heavy (non-hydrogen) atoms. The molecule has 0 radical (unpaired) electrons. The molecule has 3 unspecified atom stereocenters. The van der Waals surface area contributed by atoms with Gasteiger partial charge in [0, 0.05) is 16.0 Å². The topological polar surface area (TPSA) is 41.5 Å². The second kappa shape index (κ2) is 6.99. The molecule has 3 nitrogen and oxygen atoms in total. The molecule has 3 atom stereocenters. The Morgan fingerprint density at radius 3 is 2.88 bits per heavy atom. The van der Waals surface area contributed by atoms with E-state index in [1.165, 1.54) is 5.56 Å². The Balaban J connectivity index is 1.77. The first-order valence-corrected chi connectivity index (χ1v) is 10.0. The number of ether oxygens (including phenoxy) is 1. The van der Waals surface area contributed by atoms with Gasteiger partial charge in [0.15, 0.2) is 0 Å². The number of hydrogen-bond acceptors (Lipinski definition) is 3. The van der Waals surface area contributed by atoms with Gasteiger partial charge in [-0.2, -0.15) is 0 Å². The maximum absolute atomic E-state index is 10.5. The minimum Gasteiger partial charge on any atom is -0.508 e. The molecule has 2 aromatic carbocycles. The van der Waals surface area contributed by atoms with E-state index in [1.54, 1.807) is 6.07 Å². The van der Waals surface area contributed by atoms with Crippen LogP contribution in [0.1, 0.15) is 43.4 Å². The van der Waals surface area contributed by atoms with Crippen LogP contribution in [0, 0.1) is 11.8 Å². The number of halogens is 1. The van der Waals surface area contributed by atoms with E-state index in [1.807, 2.05) is 18.2 Å². The molecule has 0 spiro atoms. The summed E-state index contributed by atoms with van der Waals surface area (Å²) in [5.74, 6) is 2.44. The van der Waals surface area contributed by atoms with Gasteiger partial charge >= 0.3 is 0 Å². The fourth-order valence-electron chi connectivity index (χ4n) is 4.05. The van der Waals surface area contributed by atoms with Crippen molar-refractivity contribution in [2.24, 2.45) is 11.8 Å². The number of anilines is 1. The molecule has 0 bridgehead atoms. The molecule has 1 aliphatic carbocycles. The lowest BCUT2D eigenvalue weighted by Gasteiger charge is -2.38. The first-order chi connectivity index (χ1) is 12.5. The van der Waals surface area contributed by atoms with E-state index in [9.17, 15) is 5.11 Å². The van der Waals surface area contributed by atoms with Crippen molar-refractivity contribution in [1.82, 2.24) is 0 Å². The molecule has 0 amide bonds. The molecule has 4 heteroatoms. The number of phenolic OH excluding ortho intramolecular Hbond substituents is 1. The molecular weight excluding hydrogens is 390 g/mol. The molecule has 2 aromatic rings. The second-order valence-electron chi connectivity index (χ2n) is 7.60. The van der Waals surface area contributed by atoms with Gasteiger partial charge in [0.25, 0.3) is 0 Å². The van der Waals surface area contributed by atoms with Crippen molar-refractivity contribution in [3.05, 3.63) is 64.1 Å². The molecule has 1 heterocycles. The van der Waals surface area contributed by atoms with E-state index in [4.69, 9.17) is 4.74 Å². The van der Waals surface area contributed by atoms with Gasteiger partial charge in [0.2, 0.25) is 0 Å². The van der Waals surface area contributed by atoms with Crippen molar-refractivity contribution in [2.45, 2.75) is 32.2 Å². The monoisotopic (exact) mass is 413 g/mol. The predicted molar refractivity (Wildman–Crippen MR) is 109 cm³/mol. The first kappa shape index (κ1) is 17.5. The maximum Gasteiger partial charge on any atom is 0.142 e. The zero-order valence-corrected chi connectivity index (χ0v) is 16.7. The van der Waals surface area contributed by atoms with E-state index in [0.717, 1.165) is 27.9 Å². The van der Waals surface area contributed by atoms with Crippen molar-refractivity contribution in [3.8, 4) is 11.5 Å². The minimum absolute atomic E-state index is 0.0452. The summed E-state index contributed by atoms with van der Waals surface area (Å²) in [7, 11) is 0. The zero-order valence-electron chi connectivity index (χ0n) is 15.1. The number of rotatable bonds is 4. The number of phenols is 1. The SMILES string of the molecule is CC(C)COc1cccc2c1NC(c1cc(Br)ccc1O)C1CC=CC21. The lowest BCUT2D eigenvalue weighted by atomic mass is 9.76. The van der Waals surface area contributed by atoms with Crippen LogP contribution in [0.3, 0.4) is 0 Å². The Labute approximate surface area is 163 Å². The highest BCUT2D eigenvalue weighted by molar-refractivity contribution is 9.10. The summed E-state index contributed by atoms with van der Waals surface area (Å²) in [6, 6.07) is 12.0. The highest BCUT2D eigenvalue weighted by Gasteiger charge is 2.39.